The predicted molar refractivity (Wildman–Crippen MR) is 73.0 cm³/mol. The highest BCUT2D eigenvalue weighted by Gasteiger charge is 2.02. The van der Waals surface area contributed by atoms with Gasteiger partial charge in [-0.1, -0.05) is 13.3 Å². The minimum absolute atomic E-state index is 0.365. The molecule has 0 saturated carbocycles. The van der Waals surface area contributed by atoms with E-state index in [0.29, 0.717) is 6.04 Å². The molecule has 3 heteroatoms. The van der Waals surface area contributed by atoms with Crippen molar-refractivity contribution in [3.63, 3.8) is 0 Å². The molecule has 0 aliphatic carbocycles. The highest BCUT2D eigenvalue weighted by atomic mass is 32.1. The summed E-state index contributed by atoms with van der Waals surface area (Å²) in [7, 11) is 0. The third-order valence-corrected chi connectivity index (χ3v) is 4.02. The molecule has 0 spiro atoms. The Morgan fingerprint density at radius 3 is 2.69 bits per heavy atom. The normalized spacial score (nSPS) is 13.0. The van der Waals surface area contributed by atoms with Crippen molar-refractivity contribution >= 4 is 11.3 Å². The fourth-order valence-corrected chi connectivity index (χ4v) is 2.77. The van der Waals surface area contributed by atoms with Crippen molar-refractivity contribution in [2.24, 2.45) is 5.73 Å². The summed E-state index contributed by atoms with van der Waals surface area (Å²) in [5.74, 6) is 0. The number of aryl methyl sites for hydroxylation is 2. The van der Waals surface area contributed by atoms with Crippen molar-refractivity contribution in [1.29, 1.82) is 0 Å². The van der Waals surface area contributed by atoms with Crippen LogP contribution in [0.15, 0.2) is 6.07 Å². The molecule has 0 aromatic carbocycles. The molecule has 0 saturated heterocycles. The molecule has 0 aliphatic heterocycles. The fourth-order valence-electron chi connectivity index (χ4n) is 1.75. The maximum Gasteiger partial charge on any atom is 0.0299 e. The van der Waals surface area contributed by atoms with Crippen molar-refractivity contribution in [1.82, 2.24) is 5.32 Å². The van der Waals surface area contributed by atoms with Gasteiger partial charge in [0.05, 0.1) is 0 Å². The standard InChI is InChI=1S/C13H24N2S/c1-4-5-12(14)6-7-15-9-13-8-10(2)11(3)16-13/h8,12,15H,4-7,9,14H2,1-3H3. The van der Waals surface area contributed by atoms with Crippen LogP contribution in [0.4, 0.5) is 0 Å². The Bertz CT molecular complexity index is 287. The van der Waals surface area contributed by atoms with Gasteiger partial charge in [0.15, 0.2) is 0 Å². The lowest BCUT2D eigenvalue weighted by Gasteiger charge is -2.10. The van der Waals surface area contributed by atoms with Gasteiger partial charge in [-0.3, -0.25) is 0 Å². The molecule has 1 aromatic rings. The summed E-state index contributed by atoms with van der Waals surface area (Å²) < 4.78 is 0. The van der Waals surface area contributed by atoms with Crippen LogP contribution in [0.5, 0.6) is 0 Å². The summed E-state index contributed by atoms with van der Waals surface area (Å²) in [5.41, 5.74) is 7.36. The van der Waals surface area contributed by atoms with Crippen LogP contribution in [0, 0.1) is 13.8 Å². The zero-order chi connectivity index (χ0) is 12.0. The van der Waals surface area contributed by atoms with Crippen LogP contribution in [0.1, 0.15) is 41.5 Å². The quantitative estimate of drug-likeness (QED) is 0.719. The minimum Gasteiger partial charge on any atom is -0.328 e. The zero-order valence-electron chi connectivity index (χ0n) is 10.7. The second-order valence-corrected chi connectivity index (χ2v) is 5.81. The van der Waals surface area contributed by atoms with Gasteiger partial charge < -0.3 is 11.1 Å². The molecule has 1 aromatic heterocycles. The largest absolute Gasteiger partial charge is 0.328 e. The summed E-state index contributed by atoms with van der Waals surface area (Å²) in [5, 5.41) is 3.46. The third-order valence-electron chi connectivity index (χ3n) is 2.87. The predicted octanol–water partition coefficient (Wildman–Crippen LogP) is 2.97. The number of hydrogen-bond donors (Lipinski definition) is 2. The first-order chi connectivity index (χ1) is 7.63. The molecule has 1 unspecified atom stereocenters. The third kappa shape index (κ3) is 4.64. The van der Waals surface area contributed by atoms with Gasteiger partial charge in [-0.05, 0) is 44.9 Å². The number of rotatable bonds is 7. The van der Waals surface area contributed by atoms with Crippen molar-refractivity contribution in [2.75, 3.05) is 6.54 Å². The first-order valence-electron chi connectivity index (χ1n) is 6.15. The van der Waals surface area contributed by atoms with Gasteiger partial charge in [0.2, 0.25) is 0 Å². The molecule has 92 valence electrons. The molecular weight excluding hydrogens is 216 g/mol. The molecule has 1 rings (SSSR count). The van der Waals surface area contributed by atoms with Crippen molar-refractivity contribution in [3.05, 3.63) is 21.4 Å². The SMILES string of the molecule is CCCC(N)CCNCc1cc(C)c(C)s1. The summed E-state index contributed by atoms with van der Waals surface area (Å²) in [6.45, 7) is 8.55. The molecule has 1 heterocycles. The van der Waals surface area contributed by atoms with Gasteiger partial charge >= 0.3 is 0 Å². The number of nitrogens with one attached hydrogen (secondary N) is 1. The van der Waals surface area contributed by atoms with Crippen molar-refractivity contribution in [2.45, 2.75) is 52.6 Å². The molecule has 3 N–H and O–H groups in total. The van der Waals surface area contributed by atoms with E-state index in [4.69, 9.17) is 5.73 Å². The first kappa shape index (κ1) is 13.7. The smallest absolute Gasteiger partial charge is 0.0299 e. The van der Waals surface area contributed by atoms with Crippen LogP contribution in [0.2, 0.25) is 0 Å². The highest BCUT2D eigenvalue weighted by molar-refractivity contribution is 7.12. The maximum absolute atomic E-state index is 5.95. The van der Waals surface area contributed by atoms with Gasteiger partial charge in [-0.25, -0.2) is 0 Å². The second-order valence-electron chi connectivity index (χ2n) is 4.47. The Hall–Kier alpha value is -0.380. The van der Waals surface area contributed by atoms with Crippen LogP contribution >= 0.6 is 11.3 Å². The molecule has 0 fully saturated rings. The average Bonchev–Trinajstić information content (AvgIpc) is 2.54. The zero-order valence-corrected chi connectivity index (χ0v) is 11.5. The van der Waals surface area contributed by atoms with Crippen LogP contribution in [0.25, 0.3) is 0 Å². The van der Waals surface area contributed by atoms with E-state index in [1.54, 1.807) is 0 Å². The molecule has 0 radical (unpaired) electrons. The van der Waals surface area contributed by atoms with E-state index in [-0.39, 0.29) is 0 Å². The average molecular weight is 240 g/mol. The molecule has 16 heavy (non-hydrogen) atoms. The van der Waals surface area contributed by atoms with Gasteiger partial charge in [0.1, 0.15) is 0 Å². The van der Waals surface area contributed by atoms with Crippen molar-refractivity contribution in [3.8, 4) is 0 Å². The summed E-state index contributed by atoms with van der Waals surface area (Å²) >= 11 is 1.89. The molecule has 1 atom stereocenters. The van der Waals surface area contributed by atoms with E-state index in [1.807, 2.05) is 11.3 Å². The molecular formula is C13H24N2S. The lowest BCUT2D eigenvalue weighted by molar-refractivity contribution is 0.528. The Morgan fingerprint density at radius 1 is 1.38 bits per heavy atom. The summed E-state index contributed by atoms with van der Waals surface area (Å²) in [6.07, 6.45) is 3.40. The van der Waals surface area contributed by atoms with E-state index in [9.17, 15) is 0 Å². The Balaban J connectivity index is 2.16. The lowest BCUT2D eigenvalue weighted by Crippen LogP contribution is -2.26. The maximum atomic E-state index is 5.95. The fraction of sp³-hybridized carbons (Fsp3) is 0.692. The van der Waals surface area contributed by atoms with E-state index in [0.717, 1.165) is 25.9 Å². The lowest BCUT2D eigenvalue weighted by atomic mass is 10.1. The topological polar surface area (TPSA) is 38.0 Å². The highest BCUT2D eigenvalue weighted by Crippen LogP contribution is 2.20. The molecule has 0 aliphatic rings. The summed E-state index contributed by atoms with van der Waals surface area (Å²) in [6, 6.07) is 2.64. The van der Waals surface area contributed by atoms with Crippen molar-refractivity contribution < 1.29 is 0 Å². The van der Waals surface area contributed by atoms with Gasteiger partial charge in [-0.15, -0.1) is 11.3 Å². The van der Waals surface area contributed by atoms with Gasteiger partial charge in [0, 0.05) is 22.3 Å². The Kier molecular flexibility index (Phi) is 6.03. The van der Waals surface area contributed by atoms with E-state index in [2.05, 4.69) is 32.2 Å². The summed E-state index contributed by atoms with van der Waals surface area (Å²) in [4.78, 5) is 2.86. The number of hydrogen-bond acceptors (Lipinski definition) is 3. The van der Waals surface area contributed by atoms with E-state index < -0.39 is 0 Å². The molecule has 2 nitrogen and oxygen atoms in total. The Labute approximate surface area is 103 Å². The molecule has 0 bridgehead atoms. The number of nitrogens with two attached hydrogens (primary N) is 1. The molecule has 0 amide bonds. The monoisotopic (exact) mass is 240 g/mol. The van der Waals surface area contributed by atoms with Gasteiger partial charge in [-0.2, -0.15) is 0 Å². The van der Waals surface area contributed by atoms with E-state index in [1.165, 1.54) is 21.7 Å². The number of thiophene rings is 1. The first-order valence-corrected chi connectivity index (χ1v) is 6.97. The van der Waals surface area contributed by atoms with Crippen LogP contribution in [0.3, 0.4) is 0 Å². The Morgan fingerprint density at radius 2 is 2.12 bits per heavy atom. The van der Waals surface area contributed by atoms with Crippen LogP contribution < -0.4 is 11.1 Å². The van der Waals surface area contributed by atoms with E-state index >= 15 is 0 Å². The second kappa shape index (κ2) is 7.05. The van der Waals surface area contributed by atoms with Crippen LogP contribution in [-0.2, 0) is 6.54 Å². The van der Waals surface area contributed by atoms with Crippen LogP contribution in [-0.4, -0.2) is 12.6 Å². The van der Waals surface area contributed by atoms with Gasteiger partial charge in [0.25, 0.3) is 0 Å². The minimum atomic E-state index is 0.365.